The van der Waals surface area contributed by atoms with Gasteiger partial charge in [0.15, 0.2) is 11.5 Å². The van der Waals surface area contributed by atoms with Crippen molar-refractivity contribution in [2.45, 2.75) is 0 Å². The zero-order valence-electron chi connectivity index (χ0n) is 18.1. The highest BCUT2D eigenvalue weighted by atomic mass is 35.5. The number of hydrogen-bond acceptors (Lipinski definition) is 7. The smallest absolute Gasteiger partial charge is 0.340 e. The summed E-state index contributed by atoms with van der Waals surface area (Å²) >= 11 is 6.35. The lowest BCUT2D eigenvalue weighted by Gasteiger charge is -2.30. The Morgan fingerprint density at radius 1 is 1.09 bits per heavy atom. The van der Waals surface area contributed by atoms with Crippen molar-refractivity contribution in [2.24, 2.45) is 0 Å². The first-order valence-electron chi connectivity index (χ1n) is 9.93. The van der Waals surface area contributed by atoms with E-state index in [0.717, 1.165) is 5.69 Å². The molecule has 1 aliphatic heterocycles. The maximum atomic E-state index is 12.5. The number of esters is 1. The summed E-state index contributed by atoms with van der Waals surface area (Å²) in [6.07, 6.45) is 2.92. The van der Waals surface area contributed by atoms with Gasteiger partial charge in [-0.2, -0.15) is 0 Å². The molecular formula is C23H25ClN2O6. The van der Waals surface area contributed by atoms with Gasteiger partial charge in [0.05, 0.1) is 50.8 Å². The molecule has 0 unspecified atom stereocenters. The highest BCUT2D eigenvalue weighted by Gasteiger charge is 2.20. The van der Waals surface area contributed by atoms with E-state index in [2.05, 4.69) is 10.2 Å². The summed E-state index contributed by atoms with van der Waals surface area (Å²) in [6, 6.07) is 8.56. The molecule has 2 aromatic carbocycles. The molecule has 1 amide bonds. The van der Waals surface area contributed by atoms with Crippen LogP contribution in [0.4, 0.5) is 11.4 Å². The summed E-state index contributed by atoms with van der Waals surface area (Å²) in [6.45, 7) is 2.51. The average Bonchev–Trinajstić information content (AvgIpc) is 2.83. The standard InChI is InChI=1S/C23H25ClN2O6/c1-29-19-8-4-15(21(24)22(19)30-2)5-9-20(27)25-16-6-7-18(17(14-16)23(28)31-3)26-10-12-32-13-11-26/h4-9,14H,10-13H2,1-3H3,(H,25,27)/b9-5+. The fourth-order valence-corrected chi connectivity index (χ4v) is 3.65. The van der Waals surface area contributed by atoms with Gasteiger partial charge in [-0.3, -0.25) is 4.79 Å². The number of benzene rings is 2. The van der Waals surface area contributed by atoms with Crippen LogP contribution in [-0.4, -0.2) is 59.5 Å². The molecule has 1 heterocycles. The fraction of sp³-hybridized carbons (Fsp3) is 0.304. The predicted molar refractivity (Wildman–Crippen MR) is 123 cm³/mol. The molecule has 0 atom stereocenters. The SMILES string of the molecule is COC(=O)c1cc(NC(=O)/C=C/c2ccc(OC)c(OC)c2Cl)ccc1N1CCOCC1. The maximum Gasteiger partial charge on any atom is 0.340 e. The van der Waals surface area contributed by atoms with Crippen LogP contribution in [0.15, 0.2) is 36.4 Å². The van der Waals surface area contributed by atoms with Crippen LogP contribution >= 0.6 is 11.6 Å². The van der Waals surface area contributed by atoms with Crippen LogP contribution in [0.2, 0.25) is 5.02 Å². The minimum Gasteiger partial charge on any atom is -0.493 e. The van der Waals surface area contributed by atoms with Crippen LogP contribution in [0.25, 0.3) is 6.08 Å². The lowest BCUT2D eigenvalue weighted by atomic mass is 10.1. The van der Waals surface area contributed by atoms with Crippen molar-refractivity contribution in [2.75, 3.05) is 57.8 Å². The van der Waals surface area contributed by atoms with Crippen molar-refractivity contribution in [3.05, 3.63) is 52.6 Å². The first kappa shape index (κ1) is 23.4. The summed E-state index contributed by atoms with van der Waals surface area (Å²) in [7, 11) is 4.33. The van der Waals surface area contributed by atoms with Gasteiger partial charge in [-0.1, -0.05) is 11.6 Å². The Balaban J connectivity index is 1.78. The number of anilines is 2. The van der Waals surface area contributed by atoms with Crippen molar-refractivity contribution in [3.8, 4) is 11.5 Å². The van der Waals surface area contributed by atoms with E-state index in [1.54, 1.807) is 36.4 Å². The number of carbonyl (C=O) groups excluding carboxylic acids is 2. The number of nitrogens with zero attached hydrogens (tertiary/aromatic N) is 1. The van der Waals surface area contributed by atoms with Gasteiger partial charge < -0.3 is 29.2 Å². The molecule has 8 nitrogen and oxygen atoms in total. The Kier molecular flexibility index (Phi) is 7.97. The van der Waals surface area contributed by atoms with E-state index in [1.165, 1.54) is 27.4 Å². The molecule has 0 saturated carbocycles. The molecule has 1 N–H and O–H groups in total. The minimum atomic E-state index is -0.477. The Morgan fingerprint density at radius 3 is 2.50 bits per heavy atom. The van der Waals surface area contributed by atoms with Crippen LogP contribution < -0.4 is 19.7 Å². The van der Waals surface area contributed by atoms with Gasteiger partial charge in [-0.05, 0) is 42.0 Å². The molecule has 1 saturated heterocycles. The van der Waals surface area contributed by atoms with Crippen molar-refractivity contribution in [1.29, 1.82) is 0 Å². The first-order chi connectivity index (χ1) is 15.5. The van der Waals surface area contributed by atoms with Gasteiger partial charge in [0.1, 0.15) is 0 Å². The number of halogens is 1. The summed E-state index contributed by atoms with van der Waals surface area (Å²) in [5.41, 5.74) is 2.18. The Hall–Kier alpha value is -3.23. The fourth-order valence-electron chi connectivity index (χ4n) is 3.35. The van der Waals surface area contributed by atoms with Crippen LogP contribution in [0.5, 0.6) is 11.5 Å². The number of amides is 1. The summed E-state index contributed by atoms with van der Waals surface area (Å²) in [5, 5.41) is 3.09. The number of rotatable bonds is 7. The molecule has 2 aromatic rings. The van der Waals surface area contributed by atoms with E-state index >= 15 is 0 Å². The molecule has 0 radical (unpaired) electrons. The minimum absolute atomic E-state index is 0.332. The summed E-state index contributed by atoms with van der Waals surface area (Å²) in [5.74, 6) is 0.0222. The van der Waals surface area contributed by atoms with E-state index < -0.39 is 5.97 Å². The normalized spacial score (nSPS) is 13.7. The molecule has 1 aliphatic rings. The van der Waals surface area contributed by atoms with E-state index in [4.69, 9.17) is 30.5 Å². The Morgan fingerprint density at radius 2 is 1.84 bits per heavy atom. The third-order valence-electron chi connectivity index (χ3n) is 4.95. The second kappa shape index (κ2) is 10.9. The number of morpholine rings is 1. The summed E-state index contributed by atoms with van der Waals surface area (Å²) in [4.78, 5) is 26.9. The maximum absolute atomic E-state index is 12.5. The molecule has 0 spiro atoms. The van der Waals surface area contributed by atoms with Crippen molar-refractivity contribution in [1.82, 2.24) is 0 Å². The van der Waals surface area contributed by atoms with Gasteiger partial charge in [-0.25, -0.2) is 4.79 Å². The number of ether oxygens (including phenoxy) is 4. The molecule has 3 rings (SSSR count). The number of methoxy groups -OCH3 is 3. The van der Waals surface area contributed by atoms with Gasteiger partial charge in [0, 0.05) is 24.9 Å². The van der Waals surface area contributed by atoms with E-state index in [9.17, 15) is 9.59 Å². The van der Waals surface area contributed by atoms with E-state index in [1.807, 2.05) is 0 Å². The zero-order chi connectivity index (χ0) is 23.1. The molecule has 9 heteroatoms. The van der Waals surface area contributed by atoms with E-state index in [0.29, 0.717) is 59.6 Å². The van der Waals surface area contributed by atoms with Crippen LogP contribution in [0, 0.1) is 0 Å². The first-order valence-corrected chi connectivity index (χ1v) is 10.3. The average molecular weight is 461 g/mol. The molecule has 0 bridgehead atoms. The molecule has 32 heavy (non-hydrogen) atoms. The lowest BCUT2D eigenvalue weighted by Crippen LogP contribution is -2.37. The third kappa shape index (κ3) is 5.33. The van der Waals surface area contributed by atoms with Crippen LogP contribution in [-0.2, 0) is 14.3 Å². The molecular weight excluding hydrogens is 436 g/mol. The molecule has 1 fully saturated rings. The highest BCUT2D eigenvalue weighted by Crippen LogP contribution is 2.37. The molecule has 170 valence electrons. The van der Waals surface area contributed by atoms with E-state index in [-0.39, 0.29) is 5.91 Å². The van der Waals surface area contributed by atoms with Crippen molar-refractivity contribution in [3.63, 3.8) is 0 Å². The van der Waals surface area contributed by atoms with Crippen molar-refractivity contribution < 1.29 is 28.5 Å². The monoisotopic (exact) mass is 460 g/mol. The summed E-state index contributed by atoms with van der Waals surface area (Å²) < 4.78 is 20.8. The van der Waals surface area contributed by atoms with Crippen LogP contribution in [0.3, 0.4) is 0 Å². The topological polar surface area (TPSA) is 86.3 Å². The predicted octanol–water partition coefficient (Wildman–Crippen LogP) is 3.63. The van der Waals surface area contributed by atoms with Crippen LogP contribution in [0.1, 0.15) is 15.9 Å². The number of carbonyl (C=O) groups is 2. The third-order valence-corrected chi connectivity index (χ3v) is 5.34. The van der Waals surface area contributed by atoms with Gasteiger partial charge in [-0.15, -0.1) is 0 Å². The quantitative estimate of drug-likeness (QED) is 0.498. The van der Waals surface area contributed by atoms with Gasteiger partial charge in [0.2, 0.25) is 5.91 Å². The Bertz CT molecular complexity index is 1020. The van der Waals surface area contributed by atoms with Gasteiger partial charge >= 0.3 is 5.97 Å². The Labute approximate surface area is 191 Å². The van der Waals surface area contributed by atoms with Crippen molar-refractivity contribution >= 4 is 40.9 Å². The number of hydrogen-bond donors (Lipinski definition) is 1. The highest BCUT2D eigenvalue weighted by molar-refractivity contribution is 6.34. The zero-order valence-corrected chi connectivity index (χ0v) is 18.9. The number of nitrogens with one attached hydrogen (secondary N) is 1. The largest absolute Gasteiger partial charge is 0.493 e. The second-order valence-corrected chi connectivity index (χ2v) is 7.23. The molecule has 0 aromatic heterocycles. The lowest BCUT2D eigenvalue weighted by molar-refractivity contribution is -0.111. The van der Waals surface area contributed by atoms with Gasteiger partial charge in [0.25, 0.3) is 0 Å². The molecule has 0 aliphatic carbocycles. The second-order valence-electron chi connectivity index (χ2n) is 6.85.